The van der Waals surface area contributed by atoms with Gasteiger partial charge in [0, 0.05) is 18.8 Å². The number of carboxylic acid groups (broad SMARTS) is 1. The van der Waals surface area contributed by atoms with Crippen molar-refractivity contribution in [2.24, 2.45) is 23.7 Å². The Bertz CT molecular complexity index is 1170. The highest BCUT2D eigenvalue weighted by Gasteiger charge is 2.43. The molecule has 38 heavy (non-hydrogen) atoms. The third kappa shape index (κ3) is 5.41. The van der Waals surface area contributed by atoms with Crippen molar-refractivity contribution in [3.63, 3.8) is 0 Å². The first-order chi connectivity index (χ1) is 17.9. The molecule has 10 heteroatoms. The fourth-order valence-corrected chi connectivity index (χ4v) is 6.77. The van der Waals surface area contributed by atoms with Crippen LogP contribution in [-0.4, -0.2) is 36.4 Å². The lowest BCUT2D eigenvalue weighted by Crippen LogP contribution is -2.47. The molecule has 0 spiro atoms. The Balaban J connectivity index is 1.38. The van der Waals surface area contributed by atoms with E-state index >= 15 is 0 Å². The summed E-state index contributed by atoms with van der Waals surface area (Å²) >= 11 is 0. The number of fused-ring (bicyclic) bond motifs is 2. The Labute approximate surface area is 216 Å². The molecule has 1 N–H and O–H groups in total. The van der Waals surface area contributed by atoms with Crippen LogP contribution in [0.15, 0.2) is 30.3 Å². The monoisotopic (exact) mass is 543 g/mol. The molecule has 3 aliphatic rings. The molecule has 2 aliphatic carbocycles. The van der Waals surface area contributed by atoms with Gasteiger partial charge in [-0.2, -0.15) is 26.3 Å². The van der Waals surface area contributed by atoms with Crippen LogP contribution in [0.1, 0.15) is 56.9 Å². The van der Waals surface area contributed by atoms with Crippen molar-refractivity contribution in [3.05, 3.63) is 35.9 Å². The standard InChI is InChI=1S/C28H31F6NO3/c29-27(30,31)18-5-8-20(9-6-18)38-24-11-4-17-14-19(7-10-21(17)25(24)28(32,33)34)35-13-12-16-2-1-3-22(26(36)37)23(16)15-35/h4,7,10-11,14,16,18,20,22-23H,1-3,5-6,8-9,12-13,15H2,(H,36,37). The van der Waals surface area contributed by atoms with Crippen LogP contribution in [0.25, 0.3) is 10.8 Å². The lowest BCUT2D eigenvalue weighted by Gasteiger charge is -2.45. The third-order valence-corrected chi connectivity index (χ3v) is 8.78. The van der Waals surface area contributed by atoms with Crippen LogP contribution in [0.3, 0.4) is 0 Å². The number of rotatable bonds is 4. The van der Waals surface area contributed by atoms with Crippen molar-refractivity contribution in [1.82, 2.24) is 0 Å². The fraction of sp³-hybridized carbons (Fsp3) is 0.607. The van der Waals surface area contributed by atoms with Crippen LogP contribution < -0.4 is 9.64 Å². The topological polar surface area (TPSA) is 49.8 Å². The van der Waals surface area contributed by atoms with Crippen molar-refractivity contribution < 1.29 is 41.0 Å². The smallest absolute Gasteiger partial charge is 0.420 e. The number of nitrogens with zero attached hydrogens (tertiary/aromatic N) is 1. The average molecular weight is 544 g/mol. The molecule has 3 unspecified atom stereocenters. The molecule has 2 aromatic carbocycles. The third-order valence-electron chi connectivity index (χ3n) is 8.78. The minimum Gasteiger partial charge on any atom is -0.490 e. The second-order valence-electron chi connectivity index (χ2n) is 11.0. The highest BCUT2D eigenvalue weighted by molar-refractivity contribution is 5.91. The van der Waals surface area contributed by atoms with E-state index in [4.69, 9.17) is 4.74 Å². The molecule has 2 saturated carbocycles. The van der Waals surface area contributed by atoms with Gasteiger partial charge in [-0.05, 0) is 85.8 Å². The Morgan fingerprint density at radius 2 is 1.66 bits per heavy atom. The van der Waals surface area contributed by atoms with Crippen LogP contribution in [-0.2, 0) is 11.0 Å². The number of aliphatic carboxylic acids is 1. The lowest BCUT2D eigenvalue weighted by atomic mass is 9.69. The molecule has 0 radical (unpaired) electrons. The van der Waals surface area contributed by atoms with Crippen molar-refractivity contribution in [2.75, 3.05) is 18.0 Å². The van der Waals surface area contributed by atoms with Gasteiger partial charge >= 0.3 is 18.3 Å². The van der Waals surface area contributed by atoms with E-state index in [1.807, 2.05) is 0 Å². The Morgan fingerprint density at radius 1 is 0.921 bits per heavy atom. The van der Waals surface area contributed by atoms with E-state index in [1.54, 1.807) is 18.2 Å². The van der Waals surface area contributed by atoms with E-state index < -0.39 is 41.8 Å². The molecule has 0 aromatic heterocycles. The van der Waals surface area contributed by atoms with E-state index in [1.165, 1.54) is 12.1 Å². The summed E-state index contributed by atoms with van der Waals surface area (Å²) in [6.07, 6.45) is -6.53. The summed E-state index contributed by atoms with van der Waals surface area (Å²) in [5.41, 5.74) is -0.172. The second-order valence-corrected chi connectivity index (χ2v) is 11.0. The molecule has 0 bridgehead atoms. The van der Waals surface area contributed by atoms with Gasteiger partial charge in [-0.3, -0.25) is 4.79 Å². The number of anilines is 1. The van der Waals surface area contributed by atoms with Crippen LogP contribution in [0.2, 0.25) is 0 Å². The minimum absolute atomic E-state index is 0.0136. The molecule has 2 aromatic rings. The van der Waals surface area contributed by atoms with Gasteiger partial charge in [0.25, 0.3) is 0 Å². The Kier molecular flexibility index (Phi) is 7.20. The summed E-state index contributed by atoms with van der Waals surface area (Å²) in [6.45, 7) is 1.27. The number of alkyl halides is 6. The van der Waals surface area contributed by atoms with Gasteiger partial charge in [-0.1, -0.05) is 18.6 Å². The van der Waals surface area contributed by atoms with E-state index in [2.05, 4.69) is 4.90 Å². The molecule has 1 heterocycles. The maximum atomic E-state index is 14.2. The molecule has 1 aliphatic heterocycles. The van der Waals surface area contributed by atoms with Crippen LogP contribution >= 0.6 is 0 Å². The Hall–Kier alpha value is -2.65. The molecular weight excluding hydrogens is 512 g/mol. The zero-order valence-electron chi connectivity index (χ0n) is 20.8. The summed E-state index contributed by atoms with van der Waals surface area (Å²) in [6, 6.07) is 7.57. The molecule has 5 rings (SSSR count). The van der Waals surface area contributed by atoms with E-state index in [-0.39, 0.29) is 42.7 Å². The van der Waals surface area contributed by atoms with E-state index in [9.17, 15) is 36.2 Å². The van der Waals surface area contributed by atoms with E-state index in [0.717, 1.165) is 24.9 Å². The van der Waals surface area contributed by atoms with Crippen molar-refractivity contribution >= 4 is 22.4 Å². The summed E-state index contributed by atoms with van der Waals surface area (Å²) in [4.78, 5) is 13.9. The first-order valence-corrected chi connectivity index (χ1v) is 13.3. The summed E-state index contributed by atoms with van der Waals surface area (Å²) in [5, 5.41) is 10.0. The fourth-order valence-electron chi connectivity index (χ4n) is 6.77. The predicted molar refractivity (Wildman–Crippen MR) is 130 cm³/mol. The molecule has 3 atom stereocenters. The van der Waals surface area contributed by atoms with Crippen LogP contribution in [0.5, 0.6) is 5.75 Å². The zero-order valence-corrected chi connectivity index (χ0v) is 20.8. The summed E-state index contributed by atoms with van der Waals surface area (Å²) < 4.78 is 87.2. The highest BCUT2D eigenvalue weighted by atomic mass is 19.4. The number of ether oxygens (including phenoxy) is 1. The number of carbonyl (C=O) groups is 1. The van der Waals surface area contributed by atoms with Crippen LogP contribution in [0, 0.1) is 23.7 Å². The molecule has 3 fully saturated rings. The normalized spacial score (nSPS) is 28.7. The first-order valence-electron chi connectivity index (χ1n) is 13.3. The predicted octanol–water partition coefficient (Wildman–Crippen LogP) is 7.69. The molecule has 1 saturated heterocycles. The summed E-state index contributed by atoms with van der Waals surface area (Å²) in [5.74, 6) is -2.62. The maximum Gasteiger partial charge on any atom is 0.420 e. The number of hydrogen-bond acceptors (Lipinski definition) is 3. The molecular formula is C28H31F6NO3. The van der Waals surface area contributed by atoms with Gasteiger partial charge in [0.1, 0.15) is 11.3 Å². The number of piperidine rings is 1. The quantitative estimate of drug-likeness (QED) is 0.402. The second kappa shape index (κ2) is 10.2. The lowest BCUT2D eigenvalue weighted by molar-refractivity contribution is -0.185. The van der Waals surface area contributed by atoms with Crippen LogP contribution in [0.4, 0.5) is 32.0 Å². The van der Waals surface area contributed by atoms with Gasteiger partial charge in [-0.25, -0.2) is 0 Å². The van der Waals surface area contributed by atoms with Gasteiger partial charge in [0.05, 0.1) is 17.9 Å². The first kappa shape index (κ1) is 26.9. The minimum atomic E-state index is -4.71. The maximum absolute atomic E-state index is 14.2. The van der Waals surface area contributed by atoms with Gasteiger partial charge in [-0.15, -0.1) is 0 Å². The number of benzene rings is 2. The molecule has 4 nitrogen and oxygen atoms in total. The van der Waals surface area contributed by atoms with Crippen molar-refractivity contribution in [2.45, 2.75) is 69.8 Å². The largest absolute Gasteiger partial charge is 0.490 e. The molecule has 208 valence electrons. The van der Waals surface area contributed by atoms with Gasteiger partial charge in [0.15, 0.2) is 0 Å². The van der Waals surface area contributed by atoms with Crippen molar-refractivity contribution in [1.29, 1.82) is 0 Å². The van der Waals surface area contributed by atoms with Gasteiger partial charge < -0.3 is 14.7 Å². The zero-order chi connectivity index (χ0) is 27.2. The highest BCUT2D eigenvalue weighted by Crippen LogP contribution is 2.45. The number of hydrogen-bond donors (Lipinski definition) is 1. The van der Waals surface area contributed by atoms with Gasteiger partial charge in [0.2, 0.25) is 0 Å². The van der Waals surface area contributed by atoms with E-state index in [0.29, 0.717) is 30.8 Å². The molecule has 0 amide bonds. The SMILES string of the molecule is O=C(O)C1CCCC2CCN(c3ccc4c(C(F)(F)F)c(OC5CCC(C(F)(F)F)CC5)ccc4c3)CC21. The number of halogens is 6. The average Bonchev–Trinajstić information content (AvgIpc) is 2.86. The number of carboxylic acids is 1. The van der Waals surface area contributed by atoms with Crippen molar-refractivity contribution in [3.8, 4) is 5.75 Å². The summed E-state index contributed by atoms with van der Waals surface area (Å²) in [7, 11) is 0. The Morgan fingerprint density at radius 3 is 2.32 bits per heavy atom.